The molecule has 0 radical (unpaired) electrons. The summed E-state index contributed by atoms with van der Waals surface area (Å²) >= 11 is 5.04. The van der Waals surface area contributed by atoms with Crippen molar-refractivity contribution in [1.82, 2.24) is 10.4 Å². The molecule has 1 atom stereocenters. The van der Waals surface area contributed by atoms with Crippen molar-refractivity contribution in [1.29, 1.82) is 0 Å². The van der Waals surface area contributed by atoms with Gasteiger partial charge < -0.3 is 15.0 Å². The highest BCUT2D eigenvalue weighted by Gasteiger charge is 2.34. The second-order valence-corrected chi connectivity index (χ2v) is 7.39. The Kier molecular flexibility index (Phi) is 9.01. The summed E-state index contributed by atoms with van der Waals surface area (Å²) in [5, 5.41) is 3.35. The zero-order valence-corrected chi connectivity index (χ0v) is 18.6. The number of amides is 2. The number of carbonyl (C=O) groups is 2. The smallest absolute Gasteiger partial charge is 0.414 e. The molecule has 0 spiro atoms. The van der Waals surface area contributed by atoms with Crippen LogP contribution in [0.4, 0.5) is 33.7 Å². The van der Waals surface area contributed by atoms with Gasteiger partial charge in [0.2, 0.25) is 0 Å². The third kappa shape index (κ3) is 6.19. The van der Waals surface area contributed by atoms with E-state index in [1.165, 1.54) is 17.1 Å². The Labute approximate surface area is 188 Å². The number of alkyl halides is 2. The monoisotopic (exact) mass is 480 g/mol. The lowest BCUT2D eigenvalue weighted by atomic mass is 10.2. The van der Waals surface area contributed by atoms with Gasteiger partial charge in [0.15, 0.2) is 11.6 Å². The Morgan fingerprint density at radius 2 is 1.97 bits per heavy atom. The number of anilines is 2. The number of rotatable bonds is 10. The average molecular weight is 480 g/mol. The molecule has 1 heterocycles. The molecule has 13 heteroatoms. The van der Waals surface area contributed by atoms with E-state index in [-0.39, 0.29) is 37.6 Å². The predicted molar refractivity (Wildman–Crippen MR) is 113 cm³/mol. The number of nitrogens with zero attached hydrogens (tertiary/aromatic N) is 3. The maximum Gasteiger partial charge on any atom is 0.414 e. The normalized spacial score (nSPS) is 15.7. The first-order valence-electron chi connectivity index (χ1n) is 9.69. The fourth-order valence-corrected chi connectivity index (χ4v) is 3.32. The van der Waals surface area contributed by atoms with Crippen LogP contribution in [-0.4, -0.2) is 74.4 Å². The molecular formula is C19H24F4N4O4S. The van der Waals surface area contributed by atoms with Crippen LogP contribution in [0.1, 0.15) is 13.8 Å². The Bertz CT molecular complexity index is 838. The number of ether oxygens (including phenoxy) is 1. The number of hydrogen-bond acceptors (Lipinski definition) is 6. The highest BCUT2D eigenvalue weighted by atomic mass is 32.1. The van der Waals surface area contributed by atoms with Gasteiger partial charge in [-0.25, -0.2) is 18.6 Å². The number of nitrogens with one attached hydrogen (secondary N) is 1. The van der Waals surface area contributed by atoms with Crippen molar-refractivity contribution in [2.75, 3.05) is 49.6 Å². The van der Waals surface area contributed by atoms with E-state index in [0.717, 1.165) is 17.0 Å². The second kappa shape index (κ2) is 11.3. The minimum Gasteiger partial charge on any atom is -0.442 e. The molecule has 0 aliphatic carbocycles. The Morgan fingerprint density at radius 1 is 1.34 bits per heavy atom. The van der Waals surface area contributed by atoms with Crippen LogP contribution in [0.3, 0.4) is 0 Å². The van der Waals surface area contributed by atoms with E-state index in [1.807, 2.05) is 5.32 Å². The number of cyclic esters (lactones) is 1. The Hall–Kier alpha value is -2.67. The molecule has 178 valence electrons. The number of likely N-dealkylation sites (N-methyl/N-ethyl adjacent to an activating group) is 1. The SMILES string of the molecule is CCN(CCN(OC)C(C)=S)c1c(F)cc(N2C[C@H](CNC(=O)C(F)F)OC2=O)cc1F. The van der Waals surface area contributed by atoms with Crippen molar-refractivity contribution in [3.63, 3.8) is 0 Å². The lowest BCUT2D eigenvalue weighted by Crippen LogP contribution is -2.37. The third-order valence-electron chi connectivity index (χ3n) is 4.73. The van der Waals surface area contributed by atoms with Crippen LogP contribution >= 0.6 is 12.2 Å². The van der Waals surface area contributed by atoms with Crippen LogP contribution in [0.15, 0.2) is 12.1 Å². The molecule has 1 fully saturated rings. The number of thiocarbonyl (C=S) groups is 1. The number of benzene rings is 1. The van der Waals surface area contributed by atoms with Gasteiger partial charge in [0, 0.05) is 25.2 Å². The van der Waals surface area contributed by atoms with Gasteiger partial charge in [0.1, 0.15) is 16.8 Å². The molecule has 1 saturated heterocycles. The summed E-state index contributed by atoms with van der Waals surface area (Å²) in [5.74, 6) is -3.30. The largest absolute Gasteiger partial charge is 0.442 e. The molecule has 1 aromatic carbocycles. The zero-order valence-electron chi connectivity index (χ0n) is 17.7. The molecule has 1 aromatic rings. The van der Waals surface area contributed by atoms with Gasteiger partial charge in [-0.2, -0.15) is 8.78 Å². The van der Waals surface area contributed by atoms with Gasteiger partial charge in [-0.15, -0.1) is 0 Å². The highest BCUT2D eigenvalue weighted by Crippen LogP contribution is 2.31. The molecular weight excluding hydrogens is 456 g/mol. The topological polar surface area (TPSA) is 74.3 Å². The van der Waals surface area contributed by atoms with Crippen molar-refractivity contribution in [3.05, 3.63) is 23.8 Å². The van der Waals surface area contributed by atoms with Gasteiger partial charge in [-0.05, 0) is 13.8 Å². The minimum atomic E-state index is -3.20. The molecule has 1 N–H and O–H groups in total. The zero-order chi connectivity index (χ0) is 24.0. The van der Waals surface area contributed by atoms with Crippen molar-refractivity contribution in [3.8, 4) is 0 Å². The molecule has 0 aromatic heterocycles. The van der Waals surface area contributed by atoms with E-state index in [2.05, 4.69) is 0 Å². The van der Waals surface area contributed by atoms with E-state index >= 15 is 0 Å². The lowest BCUT2D eigenvalue weighted by Gasteiger charge is -2.28. The highest BCUT2D eigenvalue weighted by molar-refractivity contribution is 7.80. The van der Waals surface area contributed by atoms with Gasteiger partial charge in [-0.1, -0.05) is 12.2 Å². The van der Waals surface area contributed by atoms with Crippen molar-refractivity contribution in [2.24, 2.45) is 0 Å². The molecule has 1 aliphatic rings. The first-order chi connectivity index (χ1) is 15.1. The molecule has 8 nitrogen and oxygen atoms in total. The van der Waals surface area contributed by atoms with Gasteiger partial charge in [0.25, 0.3) is 5.91 Å². The molecule has 0 bridgehead atoms. The summed E-state index contributed by atoms with van der Waals surface area (Å²) in [6.45, 7) is 3.63. The molecule has 1 aliphatic heterocycles. The van der Waals surface area contributed by atoms with Gasteiger partial charge >= 0.3 is 12.5 Å². The van der Waals surface area contributed by atoms with Crippen LogP contribution in [0, 0.1) is 11.6 Å². The van der Waals surface area contributed by atoms with E-state index in [9.17, 15) is 27.2 Å². The van der Waals surface area contributed by atoms with Crippen molar-refractivity contribution in [2.45, 2.75) is 26.4 Å². The van der Waals surface area contributed by atoms with Gasteiger partial charge in [0.05, 0.1) is 32.4 Å². The first kappa shape index (κ1) is 25.6. The van der Waals surface area contributed by atoms with Crippen molar-refractivity contribution < 1.29 is 36.7 Å². The summed E-state index contributed by atoms with van der Waals surface area (Å²) in [4.78, 5) is 31.1. The maximum atomic E-state index is 14.9. The van der Waals surface area contributed by atoms with Crippen LogP contribution in [0.5, 0.6) is 0 Å². The predicted octanol–water partition coefficient (Wildman–Crippen LogP) is 2.71. The molecule has 2 amide bonds. The van der Waals surface area contributed by atoms with Crippen LogP contribution in [0.2, 0.25) is 0 Å². The summed E-state index contributed by atoms with van der Waals surface area (Å²) in [5.41, 5.74) is -0.372. The average Bonchev–Trinajstić information content (AvgIpc) is 3.10. The third-order valence-corrected chi connectivity index (χ3v) is 4.94. The summed E-state index contributed by atoms with van der Waals surface area (Å²) in [6, 6.07) is 1.97. The number of carbonyl (C=O) groups excluding carboxylic acids is 2. The number of halogens is 4. The van der Waals surface area contributed by atoms with Crippen molar-refractivity contribution >= 4 is 40.6 Å². The Balaban J connectivity index is 2.13. The van der Waals surface area contributed by atoms with Crippen LogP contribution in [-0.2, 0) is 14.4 Å². The quantitative estimate of drug-likeness (QED) is 0.314. The fourth-order valence-electron chi connectivity index (χ4n) is 3.16. The van der Waals surface area contributed by atoms with Crippen LogP contribution < -0.4 is 15.1 Å². The first-order valence-corrected chi connectivity index (χ1v) is 10.1. The van der Waals surface area contributed by atoms with Gasteiger partial charge in [-0.3, -0.25) is 14.5 Å². The molecule has 2 rings (SSSR count). The molecule has 0 saturated carbocycles. The van der Waals surface area contributed by atoms with Crippen LogP contribution in [0.25, 0.3) is 0 Å². The Morgan fingerprint density at radius 3 is 2.47 bits per heavy atom. The van der Waals surface area contributed by atoms with E-state index in [0.29, 0.717) is 11.5 Å². The molecule has 0 unspecified atom stereocenters. The number of hydroxylamine groups is 2. The van der Waals surface area contributed by atoms with E-state index in [1.54, 1.807) is 13.8 Å². The fraction of sp³-hybridized carbons (Fsp3) is 0.526. The summed E-state index contributed by atoms with van der Waals surface area (Å²) in [6.07, 6.45) is -5.06. The van der Waals surface area contributed by atoms with E-state index < -0.39 is 36.2 Å². The number of hydrogen-bond donors (Lipinski definition) is 1. The summed E-state index contributed by atoms with van der Waals surface area (Å²) in [7, 11) is 1.43. The maximum absolute atomic E-state index is 14.9. The standard InChI is InChI=1S/C19H24F4N4O4S/c1-4-25(5-6-27(30-3)11(2)32)16-14(20)7-12(8-15(16)21)26-10-13(31-19(26)29)9-24-18(28)17(22)23/h7-8,13,17H,4-6,9-10H2,1-3H3,(H,24,28)/t13-/m0/s1. The lowest BCUT2D eigenvalue weighted by molar-refractivity contribution is -0.132. The minimum absolute atomic E-state index is 0.0965. The summed E-state index contributed by atoms with van der Waals surface area (Å²) < 4.78 is 59.2. The second-order valence-electron chi connectivity index (χ2n) is 6.80. The molecule has 32 heavy (non-hydrogen) atoms. The van der Waals surface area contributed by atoms with E-state index in [4.69, 9.17) is 21.8 Å².